The van der Waals surface area contributed by atoms with E-state index < -0.39 is 32.7 Å². The second-order valence-corrected chi connectivity index (χ2v) is 12.7. The molecular weight excluding hydrogens is 630 g/mol. The summed E-state index contributed by atoms with van der Waals surface area (Å²) in [6, 6.07) is 9.44. The summed E-state index contributed by atoms with van der Waals surface area (Å²) in [4.78, 5) is 17.8. The SMILES string of the molecule is O=CO.O=S(=O)(Cc1ccncn1)c1cc(Cl)c(O[C@H]2CC[C@H](c3cccc(OC(F)(F)F)c3)C[C@@H]2N2CCCC2)cc1F. The highest BCUT2D eigenvalue weighted by Gasteiger charge is 2.38. The number of sulfone groups is 1. The number of carboxylic acid groups (broad SMARTS) is 1. The number of rotatable bonds is 8. The van der Waals surface area contributed by atoms with Crippen LogP contribution < -0.4 is 9.47 Å². The number of alkyl halides is 3. The number of aromatic nitrogens is 2. The van der Waals surface area contributed by atoms with Crippen LogP contribution in [0.25, 0.3) is 0 Å². The predicted molar refractivity (Wildman–Crippen MR) is 152 cm³/mol. The maximum Gasteiger partial charge on any atom is 0.573 e. The maximum absolute atomic E-state index is 15.2. The van der Waals surface area contributed by atoms with Crippen molar-refractivity contribution in [3.63, 3.8) is 0 Å². The summed E-state index contributed by atoms with van der Waals surface area (Å²) in [5.74, 6) is -1.74. The Morgan fingerprint density at radius 3 is 2.50 bits per heavy atom. The number of hydrogen-bond acceptors (Lipinski definition) is 8. The maximum atomic E-state index is 15.2. The van der Waals surface area contributed by atoms with Crippen LogP contribution in [0.1, 0.15) is 49.3 Å². The largest absolute Gasteiger partial charge is 0.573 e. The molecule has 1 N–H and O–H groups in total. The standard InChI is InChI=1S/C28H28ClF4N3O4S.CH2O2/c29-22-14-27(41(37,38)16-20-8-9-34-17-35-20)23(30)15-26(22)39-25-7-6-19(13-24(25)36-10-1-2-11-36)18-4-3-5-21(12-18)40-28(31,32)33;2-1-3/h3-5,8-9,12,14-15,17,19,24-25H,1-2,6-7,10-11,13,16H2;1H,(H,2,3)/t19-,24-,25-;/m0./s1. The van der Waals surface area contributed by atoms with Gasteiger partial charge in [-0.1, -0.05) is 23.7 Å². The molecule has 2 heterocycles. The second-order valence-electron chi connectivity index (χ2n) is 10.4. The lowest BCUT2D eigenvalue weighted by atomic mass is 9.79. The van der Waals surface area contributed by atoms with E-state index >= 15 is 4.39 Å². The van der Waals surface area contributed by atoms with E-state index in [1.807, 2.05) is 0 Å². The molecular formula is C29H30ClF4N3O6S. The van der Waals surface area contributed by atoms with Crippen LogP contribution in [0.5, 0.6) is 11.5 Å². The molecule has 0 spiro atoms. The third kappa shape index (κ3) is 8.79. The molecule has 1 aliphatic carbocycles. The quantitative estimate of drug-likeness (QED) is 0.229. The monoisotopic (exact) mass is 659 g/mol. The number of likely N-dealkylation sites (tertiary alicyclic amines) is 1. The van der Waals surface area contributed by atoms with Crippen LogP contribution in [0, 0.1) is 5.82 Å². The zero-order chi connectivity index (χ0) is 31.9. The van der Waals surface area contributed by atoms with Gasteiger partial charge in [-0.15, -0.1) is 13.2 Å². The molecule has 44 heavy (non-hydrogen) atoms. The first-order chi connectivity index (χ1) is 20.9. The normalized spacial score (nSPS) is 20.8. The van der Waals surface area contributed by atoms with Crippen molar-refractivity contribution in [2.75, 3.05) is 13.1 Å². The van der Waals surface area contributed by atoms with Crippen molar-refractivity contribution >= 4 is 27.9 Å². The van der Waals surface area contributed by atoms with E-state index in [-0.39, 0.29) is 46.8 Å². The molecule has 15 heteroatoms. The van der Waals surface area contributed by atoms with Crippen molar-refractivity contribution in [1.29, 1.82) is 0 Å². The van der Waals surface area contributed by atoms with Crippen molar-refractivity contribution in [2.45, 2.75) is 67.2 Å². The molecule has 1 saturated heterocycles. The van der Waals surface area contributed by atoms with Gasteiger partial charge in [-0.25, -0.2) is 22.8 Å². The minimum Gasteiger partial charge on any atom is -0.487 e. The van der Waals surface area contributed by atoms with Crippen molar-refractivity contribution < 1.29 is 45.4 Å². The summed E-state index contributed by atoms with van der Waals surface area (Å²) in [5, 5.41) is 6.85. The average Bonchev–Trinajstić information content (AvgIpc) is 3.50. The molecule has 5 rings (SSSR count). The zero-order valence-corrected chi connectivity index (χ0v) is 24.9. The van der Waals surface area contributed by atoms with Gasteiger partial charge >= 0.3 is 6.36 Å². The van der Waals surface area contributed by atoms with Gasteiger partial charge in [0, 0.05) is 18.3 Å². The molecule has 0 radical (unpaired) electrons. The minimum absolute atomic E-state index is 0.0289. The molecule has 0 amide bonds. The molecule has 9 nitrogen and oxygen atoms in total. The lowest BCUT2D eigenvalue weighted by molar-refractivity contribution is -0.274. The summed E-state index contributed by atoms with van der Waals surface area (Å²) >= 11 is 6.43. The van der Waals surface area contributed by atoms with Crippen LogP contribution in [-0.2, 0) is 20.4 Å². The molecule has 2 aromatic carbocycles. The smallest absolute Gasteiger partial charge is 0.487 e. The zero-order valence-electron chi connectivity index (χ0n) is 23.3. The number of hydrogen-bond donors (Lipinski definition) is 1. The van der Waals surface area contributed by atoms with Crippen LogP contribution in [0.4, 0.5) is 17.6 Å². The summed E-state index contributed by atoms with van der Waals surface area (Å²) in [6.45, 7) is 1.44. The summed E-state index contributed by atoms with van der Waals surface area (Å²) in [5.41, 5.74) is 0.966. The van der Waals surface area contributed by atoms with Crippen LogP contribution in [0.15, 0.2) is 59.9 Å². The Hall–Kier alpha value is -3.49. The lowest BCUT2D eigenvalue weighted by Crippen LogP contribution is -2.48. The first-order valence-corrected chi connectivity index (χ1v) is 15.7. The fourth-order valence-electron chi connectivity index (χ4n) is 5.66. The lowest BCUT2D eigenvalue weighted by Gasteiger charge is -2.41. The van der Waals surface area contributed by atoms with Gasteiger partial charge in [0.05, 0.1) is 16.5 Å². The van der Waals surface area contributed by atoms with Gasteiger partial charge in [0.2, 0.25) is 0 Å². The van der Waals surface area contributed by atoms with Crippen LogP contribution in [0.3, 0.4) is 0 Å². The van der Waals surface area contributed by atoms with E-state index in [0.29, 0.717) is 19.3 Å². The van der Waals surface area contributed by atoms with Crippen molar-refractivity contribution in [1.82, 2.24) is 14.9 Å². The van der Waals surface area contributed by atoms with Crippen LogP contribution in [0.2, 0.25) is 5.02 Å². The van der Waals surface area contributed by atoms with Gasteiger partial charge in [0.25, 0.3) is 6.47 Å². The van der Waals surface area contributed by atoms with Crippen LogP contribution in [-0.4, -0.2) is 66.5 Å². The van der Waals surface area contributed by atoms with Crippen molar-refractivity contribution in [3.8, 4) is 11.5 Å². The van der Waals surface area contributed by atoms with Gasteiger partial charge in [0.1, 0.15) is 34.6 Å². The van der Waals surface area contributed by atoms with Crippen molar-refractivity contribution in [3.05, 3.63) is 77.1 Å². The summed E-state index contributed by atoms with van der Waals surface area (Å²) < 4.78 is 89.6. The summed E-state index contributed by atoms with van der Waals surface area (Å²) in [6.07, 6.45) is 1.26. The van der Waals surface area contributed by atoms with Gasteiger partial charge in [-0.3, -0.25) is 9.69 Å². The molecule has 1 saturated carbocycles. The Balaban J connectivity index is 0.00000141. The fraction of sp³-hybridized carbons (Fsp3) is 0.414. The summed E-state index contributed by atoms with van der Waals surface area (Å²) in [7, 11) is -4.09. The predicted octanol–water partition coefficient (Wildman–Crippen LogP) is 6.02. The number of carbonyl (C=O) groups is 1. The molecule has 2 fully saturated rings. The van der Waals surface area contributed by atoms with E-state index in [4.69, 9.17) is 26.2 Å². The third-order valence-corrected chi connectivity index (χ3v) is 9.46. The fourth-order valence-corrected chi connectivity index (χ4v) is 7.30. The first kappa shape index (κ1) is 33.4. The molecule has 3 aromatic rings. The van der Waals surface area contributed by atoms with E-state index in [2.05, 4.69) is 19.6 Å². The van der Waals surface area contributed by atoms with Gasteiger partial charge in [-0.2, -0.15) is 0 Å². The highest BCUT2D eigenvalue weighted by Crippen LogP contribution is 2.41. The molecule has 0 unspecified atom stereocenters. The van der Waals surface area contributed by atoms with E-state index in [0.717, 1.165) is 43.6 Å². The molecule has 1 aromatic heterocycles. The second kappa shape index (κ2) is 14.5. The number of nitrogens with zero attached hydrogens (tertiary/aromatic N) is 3. The number of halogens is 5. The first-order valence-electron chi connectivity index (χ1n) is 13.7. The Kier molecular flexibility index (Phi) is 11.0. The Labute approximate surface area is 256 Å². The number of benzene rings is 2. The molecule has 3 atom stereocenters. The third-order valence-electron chi connectivity index (χ3n) is 7.51. The molecule has 2 aliphatic rings. The van der Waals surface area contributed by atoms with Gasteiger partial charge in [-0.05, 0) is 80.9 Å². The van der Waals surface area contributed by atoms with Crippen LogP contribution >= 0.6 is 11.6 Å². The topological polar surface area (TPSA) is 119 Å². The minimum atomic E-state index is -4.78. The Morgan fingerprint density at radius 1 is 1.11 bits per heavy atom. The Bertz CT molecular complexity index is 1530. The number of ether oxygens (including phenoxy) is 2. The highest BCUT2D eigenvalue weighted by molar-refractivity contribution is 7.90. The van der Waals surface area contributed by atoms with E-state index in [1.165, 1.54) is 30.7 Å². The molecule has 1 aliphatic heterocycles. The Morgan fingerprint density at radius 2 is 1.84 bits per heavy atom. The van der Waals surface area contributed by atoms with Gasteiger partial charge in [0.15, 0.2) is 9.84 Å². The van der Waals surface area contributed by atoms with Gasteiger partial charge < -0.3 is 14.6 Å². The molecule has 238 valence electrons. The van der Waals surface area contributed by atoms with E-state index in [9.17, 15) is 21.6 Å². The average molecular weight is 660 g/mol. The highest BCUT2D eigenvalue weighted by atomic mass is 35.5. The molecule has 0 bridgehead atoms. The van der Waals surface area contributed by atoms with Crippen molar-refractivity contribution in [2.24, 2.45) is 0 Å². The van der Waals surface area contributed by atoms with E-state index in [1.54, 1.807) is 12.1 Å².